The zero-order chi connectivity index (χ0) is 31.1. The monoisotopic (exact) mass is 602 g/mol. The summed E-state index contributed by atoms with van der Waals surface area (Å²) in [5, 5.41) is 31.1. The Morgan fingerprint density at radius 1 is 0.932 bits per heavy atom. The Kier molecular flexibility index (Phi) is 10.8. The first-order chi connectivity index (χ1) is 21.4. The van der Waals surface area contributed by atoms with Crippen LogP contribution in [0.25, 0.3) is 11.1 Å². The molecule has 2 heterocycles. The third kappa shape index (κ3) is 7.72. The normalized spacial score (nSPS) is 23.8. The van der Waals surface area contributed by atoms with Crippen molar-refractivity contribution in [3.8, 4) is 11.1 Å². The van der Waals surface area contributed by atoms with Crippen molar-refractivity contribution >= 4 is 11.9 Å². The van der Waals surface area contributed by atoms with Crippen molar-refractivity contribution in [3.05, 3.63) is 95.1 Å². The highest BCUT2D eigenvalue weighted by Crippen LogP contribution is 2.42. The molecule has 2 saturated heterocycles. The molecule has 3 aromatic rings. The maximum Gasteiger partial charge on any atom is 0.303 e. The van der Waals surface area contributed by atoms with Gasteiger partial charge in [-0.2, -0.15) is 0 Å². The maximum atomic E-state index is 12.1. The number of aliphatic hydroxyl groups is 2. The lowest BCUT2D eigenvalue weighted by molar-refractivity contribution is -0.276. The molecule has 5 rings (SSSR count). The molecule has 4 N–H and O–H groups in total. The molecule has 9 nitrogen and oxygen atoms in total. The largest absolute Gasteiger partial charge is 0.481 e. The van der Waals surface area contributed by atoms with E-state index in [1.165, 1.54) is 0 Å². The summed E-state index contributed by atoms with van der Waals surface area (Å²) in [5.74, 6) is -1.24. The van der Waals surface area contributed by atoms with E-state index in [9.17, 15) is 19.8 Å². The fourth-order valence-corrected chi connectivity index (χ4v) is 6.18. The molecule has 9 heteroatoms. The van der Waals surface area contributed by atoms with E-state index in [2.05, 4.69) is 17.1 Å². The average molecular weight is 603 g/mol. The Balaban J connectivity index is 1.35. The molecular weight excluding hydrogens is 560 g/mol. The summed E-state index contributed by atoms with van der Waals surface area (Å²) in [5.41, 5.74) is 5.65. The average Bonchev–Trinajstić information content (AvgIpc) is 3.51. The highest BCUT2D eigenvalue weighted by atomic mass is 16.7. The molecule has 0 aliphatic carbocycles. The van der Waals surface area contributed by atoms with Crippen LogP contribution in [0.2, 0.25) is 0 Å². The number of aliphatic carboxylic acids is 1. The minimum Gasteiger partial charge on any atom is -0.481 e. The third-order valence-electron chi connectivity index (χ3n) is 8.80. The van der Waals surface area contributed by atoms with Gasteiger partial charge in [-0.25, -0.2) is 0 Å². The van der Waals surface area contributed by atoms with E-state index in [-0.39, 0.29) is 56.1 Å². The number of carbonyl (C=O) groups excluding carboxylic acids is 1. The zero-order valence-corrected chi connectivity index (χ0v) is 25.1. The van der Waals surface area contributed by atoms with Crippen LogP contribution in [-0.2, 0) is 32.2 Å². The fourth-order valence-electron chi connectivity index (χ4n) is 6.18. The number of amides is 1. The third-order valence-corrected chi connectivity index (χ3v) is 8.80. The number of aliphatic hydroxyl groups excluding tert-OH is 2. The Hall–Kier alpha value is -3.60. The Labute approximate surface area is 258 Å². The molecule has 0 radical (unpaired) electrons. The lowest BCUT2D eigenvalue weighted by atomic mass is 9.89. The second kappa shape index (κ2) is 14.9. The molecule has 3 aromatic carbocycles. The van der Waals surface area contributed by atoms with E-state index in [1.807, 2.05) is 72.8 Å². The first-order valence-electron chi connectivity index (χ1n) is 15.4. The fraction of sp³-hybridized carbons (Fsp3) is 0.429. The number of hydrogen-bond acceptors (Lipinski definition) is 7. The topological polar surface area (TPSA) is 129 Å². The summed E-state index contributed by atoms with van der Waals surface area (Å²) < 4.78 is 13.3. The lowest BCUT2D eigenvalue weighted by Gasteiger charge is -2.43. The maximum absolute atomic E-state index is 12.1. The van der Waals surface area contributed by atoms with Crippen LogP contribution >= 0.6 is 0 Å². The number of rotatable bonds is 12. The van der Waals surface area contributed by atoms with Crippen molar-refractivity contribution in [1.29, 1.82) is 0 Å². The van der Waals surface area contributed by atoms with Crippen LogP contribution in [0.5, 0.6) is 0 Å². The van der Waals surface area contributed by atoms with Gasteiger partial charge in [0, 0.05) is 37.0 Å². The molecule has 2 fully saturated rings. The van der Waals surface area contributed by atoms with Crippen molar-refractivity contribution in [2.75, 3.05) is 19.7 Å². The molecule has 2 aliphatic rings. The summed E-state index contributed by atoms with van der Waals surface area (Å²) >= 11 is 0. The van der Waals surface area contributed by atoms with Gasteiger partial charge in [-0.05, 0) is 47.2 Å². The smallest absolute Gasteiger partial charge is 0.303 e. The predicted octanol–water partition coefficient (Wildman–Crippen LogP) is 4.58. The van der Waals surface area contributed by atoms with Crippen LogP contribution in [0.3, 0.4) is 0 Å². The number of carboxylic acid groups (broad SMARTS) is 1. The summed E-state index contributed by atoms with van der Waals surface area (Å²) in [6.45, 7) is 4.22. The predicted molar refractivity (Wildman–Crippen MR) is 165 cm³/mol. The van der Waals surface area contributed by atoms with Crippen LogP contribution in [-0.4, -0.2) is 63.9 Å². The number of benzene rings is 3. The van der Waals surface area contributed by atoms with Gasteiger partial charge in [-0.3, -0.25) is 14.5 Å². The minimum absolute atomic E-state index is 0.0141. The molecule has 0 aromatic heterocycles. The second-order valence-electron chi connectivity index (χ2n) is 11.7. The van der Waals surface area contributed by atoms with Gasteiger partial charge < -0.3 is 30.1 Å². The van der Waals surface area contributed by atoms with Crippen molar-refractivity contribution < 1.29 is 34.4 Å². The van der Waals surface area contributed by atoms with Gasteiger partial charge in [0.05, 0.1) is 31.8 Å². The van der Waals surface area contributed by atoms with Gasteiger partial charge in [0.15, 0.2) is 6.29 Å². The molecule has 0 bridgehead atoms. The number of nitrogens with zero attached hydrogens (tertiary/aromatic N) is 1. The highest BCUT2D eigenvalue weighted by molar-refractivity contribution is 5.80. The lowest BCUT2D eigenvalue weighted by Crippen LogP contribution is -2.46. The first kappa shape index (κ1) is 31.8. The molecule has 2 aliphatic heterocycles. The van der Waals surface area contributed by atoms with Crippen molar-refractivity contribution in [1.82, 2.24) is 10.2 Å². The van der Waals surface area contributed by atoms with Gasteiger partial charge >= 0.3 is 5.97 Å². The summed E-state index contributed by atoms with van der Waals surface area (Å²) in [7, 11) is 0. The van der Waals surface area contributed by atoms with Gasteiger partial charge in [0.25, 0.3) is 0 Å². The standard InChI is InChI=1S/C35H42N2O7/c1-23-31(20-37-18-4-6-29(37)22-39)43-35(44-34(23)26-10-8-24(21-38)9-11-26)27-14-12-25(13-15-27)30-7-3-2-5-28(30)19-36-32(40)16-17-33(41)42/h2-3,5,7-15,23,29,31,34-35,38-39H,4,6,16-22H2,1H3,(H,36,40)(H,41,42)/t23-,29-,31+,34+,35+/m0/s1. The van der Waals surface area contributed by atoms with E-state index in [1.54, 1.807) is 0 Å². The van der Waals surface area contributed by atoms with Gasteiger partial charge in [-0.1, -0.05) is 79.7 Å². The van der Waals surface area contributed by atoms with Gasteiger partial charge in [-0.15, -0.1) is 0 Å². The van der Waals surface area contributed by atoms with Gasteiger partial charge in [0.2, 0.25) is 5.91 Å². The van der Waals surface area contributed by atoms with E-state index < -0.39 is 12.3 Å². The van der Waals surface area contributed by atoms with Crippen molar-refractivity contribution in [3.63, 3.8) is 0 Å². The highest BCUT2D eigenvalue weighted by Gasteiger charge is 2.40. The SMILES string of the molecule is C[C@H]1[C@@H](CN2CCC[C@H]2CO)O[C@@H](c2ccc(-c3ccccc3CNC(=O)CCC(=O)O)cc2)O[C@H]1c1ccc(CO)cc1. The number of carboxylic acids is 1. The Morgan fingerprint density at radius 3 is 2.36 bits per heavy atom. The number of hydrogen-bond donors (Lipinski definition) is 4. The molecule has 44 heavy (non-hydrogen) atoms. The Morgan fingerprint density at radius 2 is 1.66 bits per heavy atom. The molecular formula is C35H42N2O7. The van der Waals surface area contributed by atoms with E-state index in [0.717, 1.165) is 52.8 Å². The van der Waals surface area contributed by atoms with Crippen molar-refractivity contribution in [2.45, 2.75) is 70.3 Å². The second-order valence-corrected chi connectivity index (χ2v) is 11.7. The molecule has 5 atom stereocenters. The van der Waals surface area contributed by atoms with E-state index >= 15 is 0 Å². The number of ether oxygens (including phenoxy) is 2. The molecule has 0 unspecified atom stereocenters. The zero-order valence-electron chi connectivity index (χ0n) is 25.1. The van der Waals surface area contributed by atoms with E-state index in [4.69, 9.17) is 14.6 Å². The Bertz CT molecular complexity index is 1390. The van der Waals surface area contributed by atoms with Crippen LogP contribution in [0.1, 0.15) is 67.3 Å². The summed E-state index contributed by atoms with van der Waals surface area (Å²) in [4.78, 5) is 25.2. The van der Waals surface area contributed by atoms with Crippen LogP contribution < -0.4 is 5.32 Å². The van der Waals surface area contributed by atoms with Crippen LogP contribution in [0.15, 0.2) is 72.8 Å². The first-order valence-corrected chi connectivity index (χ1v) is 15.4. The van der Waals surface area contributed by atoms with Gasteiger partial charge in [0.1, 0.15) is 0 Å². The number of carbonyl (C=O) groups is 2. The molecule has 0 saturated carbocycles. The van der Waals surface area contributed by atoms with Crippen LogP contribution in [0, 0.1) is 5.92 Å². The molecule has 0 spiro atoms. The molecule has 234 valence electrons. The van der Waals surface area contributed by atoms with Crippen LogP contribution in [0.4, 0.5) is 0 Å². The number of nitrogens with one attached hydrogen (secondary N) is 1. The minimum atomic E-state index is -0.997. The summed E-state index contributed by atoms with van der Waals surface area (Å²) in [6.07, 6.45) is 0.866. The summed E-state index contributed by atoms with van der Waals surface area (Å²) in [6, 6.07) is 23.9. The van der Waals surface area contributed by atoms with Crippen molar-refractivity contribution in [2.24, 2.45) is 5.92 Å². The van der Waals surface area contributed by atoms with E-state index in [0.29, 0.717) is 13.1 Å². The number of likely N-dealkylation sites (tertiary alicyclic amines) is 1. The molecule has 1 amide bonds. The quantitative estimate of drug-likeness (QED) is 0.237.